The first-order chi connectivity index (χ1) is 10.9. The third-order valence-corrected chi connectivity index (χ3v) is 3.50. The number of hydrogen-bond donors (Lipinski definition) is 0. The highest BCUT2D eigenvalue weighted by atomic mass is 16.5. The summed E-state index contributed by atoms with van der Waals surface area (Å²) in [5, 5.41) is 2.42. The first kappa shape index (κ1) is 14.1. The van der Waals surface area contributed by atoms with Crippen molar-refractivity contribution in [3.63, 3.8) is 0 Å². The van der Waals surface area contributed by atoms with E-state index in [2.05, 4.69) is 24.3 Å². The number of fused-ring (bicyclic) bond motifs is 1. The lowest BCUT2D eigenvalue weighted by molar-refractivity contribution is -0.104. The van der Waals surface area contributed by atoms with E-state index in [0.29, 0.717) is 6.61 Å². The summed E-state index contributed by atoms with van der Waals surface area (Å²) in [5.41, 5.74) is 2.11. The fraction of sp³-hybridized carbons (Fsp3) is 0.0500. The minimum absolute atomic E-state index is 0.516. The Kier molecular flexibility index (Phi) is 4.30. The second kappa shape index (κ2) is 6.72. The van der Waals surface area contributed by atoms with Crippen LogP contribution in [0.2, 0.25) is 0 Å². The molecule has 3 aromatic carbocycles. The molecular formula is C20H16O2. The van der Waals surface area contributed by atoms with Gasteiger partial charge in [-0.25, -0.2) is 0 Å². The summed E-state index contributed by atoms with van der Waals surface area (Å²) in [4.78, 5) is 10.4. The van der Waals surface area contributed by atoms with Crippen LogP contribution in [-0.4, -0.2) is 6.29 Å². The summed E-state index contributed by atoms with van der Waals surface area (Å²) in [6.07, 6.45) is 4.01. The highest BCUT2D eigenvalue weighted by Crippen LogP contribution is 2.21. The molecule has 0 aliphatic heterocycles. The first-order valence-electron chi connectivity index (χ1n) is 7.18. The number of hydrogen-bond acceptors (Lipinski definition) is 2. The lowest BCUT2D eigenvalue weighted by Gasteiger charge is -2.09. The molecule has 0 N–H and O–H groups in total. The molecule has 0 fully saturated rings. The lowest BCUT2D eigenvalue weighted by atomic mass is 10.1. The van der Waals surface area contributed by atoms with Crippen molar-refractivity contribution in [1.82, 2.24) is 0 Å². The Morgan fingerprint density at radius 3 is 2.64 bits per heavy atom. The summed E-state index contributed by atoms with van der Waals surface area (Å²) in [6, 6.07) is 22.2. The highest BCUT2D eigenvalue weighted by Gasteiger charge is 2.01. The average Bonchev–Trinajstić information content (AvgIpc) is 2.58. The van der Waals surface area contributed by atoms with Gasteiger partial charge < -0.3 is 4.74 Å². The van der Waals surface area contributed by atoms with E-state index in [1.54, 1.807) is 6.08 Å². The molecular weight excluding hydrogens is 272 g/mol. The van der Waals surface area contributed by atoms with Crippen molar-refractivity contribution in [1.29, 1.82) is 0 Å². The smallest absolute Gasteiger partial charge is 0.142 e. The van der Waals surface area contributed by atoms with Crippen LogP contribution in [0.25, 0.3) is 16.8 Å². The predicted molar refractivity (Wildman–Crippen MR) is 89.8 cm³/mol. The minimum atomic E-state index is 0.516. The van der Waals surface area contributed by atoms with E-state index in [1.165, 1.54) is 16.8 Å². The van der Waals surface area contributed by atoms with Gasteiger partial charge in [-0.05, 0) is 40.1 Å². The number of aldehydes is 1. The maximum absolute atomic E-state index is 10.4. The Morgan fingerprint density at radius 2 is 1.73 bits per heavy atom. The third kappa shape index (κ3) is 3.23. The van der Waals surface area contributed by atoms with Crippen LogP contribution in [-0.2, 0) is 11.4 Å². The zero-order valence-corrected chi connectivity index (χ0v) is 12.1. The van der Waals surface area contributed by atoms with Gasteiger partial charge in [0.05, 0.1) is 0 Å². The van der Waals surface area contributed by atoms with Gasteiger partial charge in [-0.1, -0.05) is 60.7 Å². The van der Waals surface area contributed by atoms with Crippen molar-refractivity contribution < 1.29 is 9.53 Å². The lowest BCUT2D eigenvalue weighted by Crippen LogP contribution is -1.96. The molecule has 0 saturated heterocycles. The number of ether oxygens (including phenoxy) is 1. The molecule has 0 aliphatic rings. The van der Waals surface area contributed by atoms with E-state index in [1.807, 2.05) is 42.5 Å². The van der Waals surface area contributed by atoms with Gasteiger partial charge in [0.25, 0.3) is 0 Å². The van der Waals surface area contributed by atoms with Crippen molar-refractivity contribution in [2.75, 3.05) is 0 Å². The maximum atomic E-state index is 10.4. The molecule has 0 bridgehead atoms. The van der Waals surface area contributed by atoms with Crippen molar-refractivity contribution in [3.05, 3.63) is 83.9 Å². The van der Waals surface area contributed by atoms with E-state index >= 15 is 0 Å². The number of allylic oxidation sites excluding steroid dienone is 1. The molecule has 0 radical (unpaired) electrons. The average molecular weight is 288 g/mol. The summed E-state index contributed by atoms with van der Waals surface area (Å²) in [7, 11) is 0. The van der Waals surface area contributed by atoms with Crippen molar-refractivity contribution in [2.24, 2.45) is 0 Å². The van der Waals surface area contributed by atoms with Crippen LogP contribution in [0.4, 0.5) is 0 Å². The Balaban J connectivity index is 1.79. The molecule has 2 nitrogen and oxygen atoms in total. The fourth-order valence-electron chi connectivity index (χ4n) is 2.44. The van der Waals surface area contributed by atoms with Crippen molar-refractivity contribution >= 4 is 23.1 Å². The molecule has 0 unspecified atom stereocenters. The van der Waals surface area contributed by atoms with E-state index in [-0.39, 0.29) is 0 Å². The van der Waals surface area contributed by atoms with E-state index < -0.39 is 0 Å². The molecule has 0 aromatic heterocycles. The van der Waals surface area contributed by atoms with Gasteiger partial charge in [0.15, 0.2) is 0 Å². The molecule has 0 atom stereocenters. The second-order valence-electron chi connectivity index (χ2n) is 4.99. The first-order valence-corrected chi connectivity index (χ1v) is 7.18. The molecule has 108 valence electrons. The van der Waals surface area contributed by atoms with Crippen LogP contribution in [0, 0.1) is 0 Å². The monoisotopic (exact) mass is 288 g/mol. The van der Waals surface area contributed by atoms with Crippen LogP contribution >= 0.6 is 0 Å². The zero-order chi connectivity index (χ0) is 15.2. The summed E-state index contributed by atoms with van der Waals surface area (Å²) in [6.45, 7) is 0.516. The van der Waals surface area contributed by atoms with Gasteiger partial charge in [0.1, 0.15) is 18.6 Å². The molecule has 0 spiro atoms. The molecule has 22 heavy (non-hydrogen) atoms. The molecule has 2 heteroatoms. The quantitative estimate of drug-likeness (QED) is 0.505. The number of carbonyl (C=O) groups excluding carboxylic acids is 1. The largest absolute Gasteiger partial charge is 0.489 e. The van der Waals surface area contributed by atoms with Gasteiger partial charge in [-0.15, -0.1) is 0 Å². The van der Waals surface area contributed by atoms with Crippen LogP contribution in [0.3, 0.4) is 0 Å². The standard InChI is InChI=1S/C20H16O2/c21-13-5-7-16-6-3-11-19(14-16)22-15-18-10-4-9-17-8-1-2-12-20(17)18/h1-14H,15H2/b7-5+. The van der Waals surface area contributed by atoms with E-state index in [9.17, 15) is 4.79 Å². The summed E-state index contributed by atoms with van der Waals surface area (Å²) < 4.78 is 5.90. The van der Waals surface area contributed by atoms with Gasteiger partial charge >= 0.3 is 0 Å². The third-order valence-electron chi connectivity index (χ3n) is 3.50. The molecule has 3 rings (SSSR count). The fourth-order valence-corrected chi connectivity index (χ4v) is 2.44. The molecule has 0 heterocycles. The summed E-state index contributed by atoms with van der Waals surface area (Å²) >= 11 is 0. The van der Waals surface area contributed by atoms with E-state index in [0.717, 1.165) is 23.2 Å². The highest BCUT2D eigenvalue weighted by molar-refractivity contribution is 5.85. The van der Waals surface area contributed by atoms with Gasteiger partial charge in [-0.2, -0.15) is 0 Å². The van der Waals surface area contributed by atoms with Crippen LogP contribution < -0.4 is 4.74 Å². The number of carbonyl (C=O) groups is 1. The van der Waals surface area contributed by atoms with Gasteiger partial charge in [0.2, 0.25) is 0 Å². The summed E-state index contributed by atoms with van der Waals surface area (Å²) in [5.74, 6) is 0.793. The maximum Gasteiger partial charge on any atom is 0.142 e. The van der Waals surface area contributed by atoms with Crippen LogP contribution in [0.15, 0.2) is 72.8 Å². The Hall–Kier alpha value is -2.87. The normalized spacial score (nSPS) is 10.9. The van der Waals surface area contributed by atoms with E-state index in [4.69, 9.17) is 4.74 Å². The predicted octanol–water partition coefficient (Wildman–Crippen LogP) is 4.63. The molecule has 0 amide bonds. The second-order valence-corrected chi connectivity index (χ2v) is 4.99. The van der Waals surface area contributed by atoms with Crippen LogP contribution in [0.1, 0.15) is 11.1 Å². The van der Waals surface area contributed by atoms with Crippen molar-refractivity contribution in [2.45, 2.75) is 6.61 Å². The Bertz CT molecular complexity index is 813. The Morgan fingerprint density at radius 1 is 0.909 bits per heavy atom. The molecule has 0 aliphatic carbocycles. The molecule has 3 aromatic rings. The number of benzene rings is 3. The van der Waals surface area contributed by atoms with Crippen molar-refractivity contribution in [3.8, 4) is 5.75 Å². The van der Waals surface area contributed by atoms with Crippen LogP contribution in [0.5, 0.6) is 5.75 Å². The Labute approximate surface area is 129 Å². The number of rotatable bonds is 5. The SMILES string of the molecule is O=C/C=C/c1cccc(OCc2cccc3ccccc23)c1. The van der Waals surface area contributed by atoms with Gasteiger partial charge in [-0.3, -0.25) is 4.79 Å². The minimum Gasteiger partial charge on any atom is -0.489 e. The topological polar surface area (TPSA) is 26.3 Å². The molecule has 0 saturated carbocycles. The van der Waals surface area contributed by atoms with Gasteiger partial charge in [0, 0.05) is 0 Å². The zero-order valence-electron chi connectivity index (χ0n) is 12.1.